The second-order valence-electron chi connectivity index (χ2n) is 6.72. The van der Waals surface area contributed by atoms with E-state index in [-0.39, 0.29) is 11.9 Å². The molecule has 1 N–H and O–H groups in total. The van der Waals surface area contributed by atoms with Gasteiger partial charge in [0.15, 0.2) is 11.0 Å². The molecule has 0 aliphatic carbocycles. The first-order valence-corrected chi connectivity index (χ1v) is 10.5. The van der Waals surface area contributed by atoms with Gasteiger partial charge < -0.3 is 5.32 Å². The van der Waals surface area contributed by atoms with Crippen LogP contribution in [0.25, 0.3) is 17.1 Å². The van der Waals surface area contributed by atoms with Crippen LogP contribution >= 0.6 is 11.8 Å². The zero-order chi connectivity index (χ0) is 19.8. The van der Waals surface area contributed by atoms with Crippen LogP contribution in [-0.2, 0) is 6.54 Å². The molecule has 1 aliphatic rings. The molecule has 146 valence electrons. The second kappa shape index (κ2) is 7.36. The van der Waals surface area contributed by atoms with Crippen LogP contribution in [0, 0.1) is 5.82 Å². The Labute approximate surface area is 171 Å². The van der Waals surface area contributed by atoms with E-state index in [1.807, 2.05) is 35.9 Å². The molecule has 5 rings (SSSR count). The van der Waals surface area contributed by atoms with Gasteiger partial charge in [-0.2, -0.15) is 5.10 Å². The SMILES string of the molecule is CCSc1nnc(-c2cnn3c2NC(c2ccccc2)C3)n1-c1ccccc1F. The first-order chi connectivity index (χ1) is 14.3. The summed E-state index contributed by atoms with van der Waals surface area (Å²) >= 11 is 1.53. The Bertz CT molecular complexity index is 1150. The van der Waals surface area contributed by atoms with Crippen LogP contribution in [0.4, 0.5) is 10.2 Å². The zero-order valence-corrected chi connectivity index (χ0v) is 16.6. The molecule has 1 aliphatic heterocycles. The quantitative estimate of drug-likeness (QED) is 0.493. The number of nitrogens with zero attached hydrogens (tertiary/aromatic N) is 5. The number of halogens is 1. The smallest absolute Gasteiger partial charge is 0.196 e. The van der Waals surface area contributed by atoms with Crippen LogP contribution in [0.1, 0.15) is 18.5 Å². The minimum Gasteiger partial charge on any atom is -0.361 e. The molecule has 2 aromatic heterocycles. The number of aromatic nitrogens is 5. The van der Waals surface area contributed by atoms with E-state index in [0.29, 0.717) is 16.7 Å². The number of nitrogens with one attached hydrogen (secondary N) is 1. The highest BCUT2D eigenvalue weighted by Gasteiger charge is 2.29. The molecule has 1 unspecified atom stereocenters. The Morgan fingerprint density at radius 2 is 1.90 bits per heavy atom. The van der Waals surface area contributed by atoms with Gasteiger partial charge >= 0.3 is 0 Å². The van der Waals surface area contributed by atoms with Crippen LogP contribution in [0.2, 0.25) is 0 Å². The Kier molecular flexibility index (Phi) is 4.55. The van der Waals surface area contributed by atoms with Crippen molar-refractivity contribution in [1.29, 1.82) is 0 Å². The van der Waals surface area contributed by atoms with E-state index in [0.717, 1.165) is 23.7 Å². The number of thioether (sulfide) groups is 1. The standard InChI is InChI=1S/C21H19FN6S/c1-2-29-21-26-25-20(28(21)18-11-7-6-10-16(18)22)15-12-23-27-13-17(24-19(15)27)14-8-4-3-5-9-14/h3-12,17,24H,2,13H2,1H3. The van der Waals surface area contributed by atoms with Crippen molar-refractivity contribution in [2.24, 2.45) is 0 Å². The van der Waals surface area contributed by atoms with Gasteiger partial charge in [-0.05, 0) is 23.4 Å². The maximum atomic E-state index is 14.6. The third-order valence-electron chi connectivity index (χ3n) is 4.95. The number of anilines is 1. The van der Waals surface area contributed by atoms with Gasteiger partial charge in [0.1, 0.15) is 11.6 Å². The van der Waals surface area contributed by atoms with Crippen LogP contribution < -0.4 is 5.32 Å². The number of fused-ring (bicyclic) bond motifs is 1. The van der Waals surface area contributed by atoms with E-state index in [4.69, 9.17) is 0 Å². The molecule has 29 heavy (non-hydrogen) atoms. The number of hydrogen-bond acceptors (Lipinski definition) is 5. The summed E-state index contributed by atoms with van der Waals surface area (Å²) in [5.74, 6) is 1.95. The summed E-state index contributed by atoms with van der Waals surface area (Å²) in [7, 11) is 0. The zero-order valence-electron chi connectivity index (χ0n) is 15.8. The highest BCUT2D eigenvalue weighted by atomic mass is 32.2. The molecule has 0 saturated heterocycles. The Morgan fingerprint density at radius 3 is 2.69 bits per heavy atom. The maximum absolute atomic E-state index is 14.6. The lowest BCUT2D eigenvalue weighted by molar-refractivity contribution is 0.613. The van der Waals surface area contributed by atoms with Gasteiger partial charge in [0.25, 0.3) is 0 Å². The average Bonchev–Trinajstić information content (AvgIpc) is 3.44. The van der Waals surface area contributed by atoms with Crippen molar-refractivity contribution in [2.75, 3.05) is 11.1 Å². The van der Waals surface area contributed by atoms with Gasteiger partial charge in [-0.1, -0.05) is 61.2 Å². The minimum absolute atomic E-state index is 0.132. The summed E-state index contributed by atoms with van der Waals surface area (Å²) in [5.41, 5.74) is 2.44. The van der Waals surface area contributed by atoms with E-state index in [1.165, 1.54) is 23.4 Å². The van der Waals surface area contributed by atoms with E-state index in [1.54, 1.807) is 22.9 Å². The fraction of sp³-hybridized carbons (Fsp3) is 0.190. The Hall–Kier alpha value is -3.13. The first-order valence-electron chi connectivity index (χ1n) is 9.47. The first kappa shape index (κ1) is 17.9. The summed E-state index contributed by atoms with van der Waals surface area (Å²) in [5, 5.41) is 17.5. The number of para-hydroxylation sites is 1. The lowest BCUT2D eigenvalue weighted by atomic mass is 10.1. The molecular formula is C21H19FN6S. The molecule has 0 spiro atoms. The maximum Gasteiger partial charge on any atom is 0.196 e. The fourth-order valence-corrected chi connectivity index (χ4v) is 4.29. The number of hydrogen-bond donors (Lipinski definition) is 1. The average molecular weight is 406 g/mol. The molecule has 0 amide bonds. The van der Waals surface area contributed by atoms with Crippen molar-refractivity contribution in [3.05, 3.63) is 72.2 Å². The lowest BCUT2D eigenvalue weighted by Gasteiger charge is -2.12. The van der Waals surface area contributed by atoms with Crippen molar-refractivity contribution < 1.29 is 4.39 Å². The van der Waals surface area contributed by atoms with Gasteiger partial charge in [-0.25, -0.2) is 9.07 Å². The highest BCUT2D eigenvalue weighted by molar-refractivity contribution is 7.99. The molecule has 8 heteroatoms. The van der Waals surface area contributed by atoms with Gasteiger partial charge in [0.2, 0.25) is 0 Å². The van der Waals surface area contributed by atoms with Gasteiger partial charge in [-0.15, -0.1) is 10.2 Å². The van der Waals surface area contributed by atoms with Crippen molar-refractivity contribution in [1.82, 2.24) is 24.5 Å². The van der Waals surface area contributed by atoms with Gasteiger partial charge in [0, 0.05) is 0 Å². The summed E-state index contributed by atoms with van der Waals surface area (Å²) in [4.78, 5) is 0. The van der Waals surface area contributed by atoms with Crippen LogP contribution in [0.15, 0.2) is 66.0 Å². The van der Waals surface area contributed by atoms with E-state index < -0.39 is 0 Å². The third-order valence-corrected chi connectivity index (χ3v) is 5.76. The molecule has 0 bridgehead atoms. The minimum atomic E-state index is -0.314. The second-order valence-corrected chi connectivity index (χ2v) is 7.95. The Balaban J connectivity index is 1.59. The summed E-state index contributed by atoms with van der Waals surface area (Å²) in [6.07, 6.45) is 1.77. The normalized spacial score (nSPS) is 15.3. The topological polar surface area (TPSA) is 60.6 Å². The molecule has 6 nitrogen and oxygen atoms in total. The summed E-state index contributed by atoms with van der Waals surface area (Å²) < 4.78 is 18.3. The van der Waals surface area contributed by atoms with E-state index in [2.05, 4.69) is 32.7 Å². The summed E-state index contributed by atoms with van der Waals surface area (Å²) in [6, 6.07) is 17.1. The fourth-order valence-electron chi connectivity index (χ4n) is 3.61. The van der Waals surface area contributed by atoms with Crippen molar-refractivity contribution in [3.63, 3.8) is 0 Å². The molecular weight excluding hydrogens is 387 g/mol. The van der Waals surface area contributed by atoms with E-state index in [9.17, 15) is 4.39 Å². The van der Waals surface area contributed by atoms with Crippen molar-refractivity contribution >= 4 is 17.6 Å². The molecule has 0 saturated carbocycles. The molecule has 3 heterocycles. The highest BCUT2D eigenvalue weighted by Crippen LogP contribution is 2.38. The molecule has 1 atom stereocenters. The molecule has 0 fully saturated rings. The summed E-state index contributed by atoms with van der Waals surface area (Å²) in [6.45, 7) is 2.76. The number of benzene rings is 2. The molecule has 0 radical (unpaired) electrons. The van der Waals surface area contributed by atoms with Crippen molar-refractivity contribution in [2.45, 2.75) is 24.7 Å². The molecule has 2 aromatic carbocycles. The van der Waals surface area contributed by atoms with Crippen LogP contribution in [0.3, 0.4) is 0 Å². The largest absolute Gasteiger partial charge is 0.361 e. The number of rotatable bonds is 5. The third kappa shape index (κ3) is 3.09. The van der Waals surface area contributed by atoms with Gasteiger partial charge in [0.05, 0.1) is 30.0 Å². The van der Waals surface area contributed by atoms with E-state index >= 15 is 0 Å². The lowest BCUT2D eigenvalue weighted by Crippen LogP contribution is -2.08. The molecule has 4 aromatic rings. The van der Waals surface area contributed by atoms with Gasteiger partial charge in [-0.3, -0.25) is 4.57 Å². The predicted molar refractivity (Wildman–Crippen MR) is 112 cm³/mol. The van der Waals surface area contributed by atoms with Crippen LogP contribution in [0.5, 0.6) is 0 Å². The predicted octanol–water partition coefficient (Wildman–Crippen LogP) is 4.55. The monoisotopic (exact) mass is 406 g/mol. The van der Waals surface area contributed by atoms with Crippen molar-refractivity contribution in [3.8, 4) is 17.1 Å². The Morgan fingerprint density at radius 1 is 1.10 bits per heavy atom. The van der Waals surface area contributed by atoms with Crippen LogP contribution in [-0.4, -0.2) is 30.3 Å².